The molecule has 4 rings (SSSR count). The Bertz CT molecular complexity index is 1180. The van der Waals surface area contributed by atoms with Crippen molar-refractivity contribution in [2.24, 2.45) is 4.99 Å². The lowest BCUT2D eigenvalue weighted by atomic mass is 10.1. The quantitative estimate of drug-likeness (QED) is 0.362. The molecule has 0 unspecified atom stereocenters. The molecule has 2 heterocycles. The molecule has 0 bridgehead atoms. The number of carbonyl (C=O) groups excluding carboxylic acids is 1. The van der Waals surface area contributed by atoms with E-state index in [4.69, 9.17) is 9.15 Å². The number of nitro groups is 1. The van der Waals surface area contributed by atoms with Gasteiger partial charge in [-0.2, -0.15) is 0 Å². The second-order valence-electron chi connectivity index (χ2n) is 6.19. The van der Waals surface area contributed by atoms with Crippen molar-refractivity contribution in [2.45, 2.75) is 0 Å². The van der Waals surface area contributed by atoms with E-state index >= 15 is 0 Å². The summed E-state index contributed by atoms with van der Waals surface area (Å²) >= 11 is 1.20. The number of non-ortho nitro benzene ring substituents is 1. The molecule has 1 saturated heterocycles. The van der Waals surface area contributed by atoms with Crippen LogP contribution < -0.4 is 10.1 Å². The summed E-state index contributed by atoms with van der Waals surface area (Å²) in [5.74, 6) is 1.38. The van der Waals surface area contributed by atoms with Crippen molar-refractivity contribution in [2.75, 3.05) is 7.11 Å². The molecule has 0 spiro atoms. The summed E-state index contributed by atoms with van der Waals surface area (Å²) in [4.78, 5) is 27.6. The number of amides is 1. The third-order valence-electron chi connectivity index (χ3n) is 4.20. The van der Waals surface area contributed by atoms with Crippen molar-refractivity contribution in [3.63, 3.8) is 0 Å². The highest BCUT2D eigenvalue weighted by atomic mass is 32.2. The van der Waals surface area contributed by atoms with Gasteiger partial charge in [0, 0.05) is 23.8 Å². The number of rotatable bonds is 5. The second kappa shape index (κ2) is 8.26. The monoisotopic (exact) mass is 421 g/mol. The van der Waals surface area contributed by atoms with Gasteiger partial charge in [-0.05, 0) is 48.2 Å². The van der Waals surface area contributed by atoms with E-state index in [1.165, 1.54) is 23.9 Å². The number of amidine groups is 1. The Balaban J connectivity index is 1.52. The predicted molar refractivity (Wildman–Crippen MR) is 115 cm³/mol. The lowest BCUT2D eigenvalue weighted by molar-refractivity contribution is -0.384. The van der Waals surface area contributed by atoms with E-state index in [9.17, 15) is 14.9 Å². The minimum absolute atomic E-state index is 0.0195. The van der Waals surface area contributed by atoms with Gasteiger partial charge in [0.15, 0.2) is 5.17 Å². The summed E-state index contributed by atoms with van der Waals surface area (Å²) in [5.41, 5.74) is 1.25. The maximum atomic E-state index is 12.3. The molecule has 0 aliphatic carbocycles. The Morgan fingerprint density at radius 1 is 1.17 bits per heavy atom. The van der Waals surface area contributed by atoms with Gasteiger partial charge < -0.3 is 14.5 Å². The van der Waals surface area contributed by atoms with E-state index in [1.54, 1.807) is 61.7 Å². The maximum Gasteiger partial charge on any atom is 0.270 e. The molecule has 1 N–H and O–H groups in total. The average Bonchev–Trinajstić information content (AvgIpc) is 3.35. The number of nitrogens with one attached hydrogen (secondary N) is 1. The van der Waals surface area contributed by atoms with Gasteiger partial charge in [0.1, 0.15) is 17.3 Å². The van der Waals surface area contributed by atoms with Crippen molar-refractivity contribution in [3.05, 3.63) is 81.4 Å². The highest BCUT2D eigenvalue weighted by Gasteiger charge is 2.24. The van der Waals surface area contributed by atoms with E-state index in [0.717, 1.165) is 5.75 Å². The van der Waals surface area contributed by atoms with Gasteiger partial charge in [0.2, 0.25) is 0 Å². The number of thioether (sulfide) groups is 1. The third-order valence-corrected chi connectivity index (χ3v) is 5.11. The summed E-state index contributed by atoms with van der Waals surface area (Å²) in [6, 6.07) is 16.7. The molecular formula is C21H15N3O5S. The first-order valence-electron chi connectivity index (χ1n) is 8.80. The fraction of sp³-hybridized carbons (Fsp3) is 0.0476. The Morgan fingerprint density at radius 3 is 2.70 bits per heavy atom. The van der Waals surface area contributed by atoms with Crippen molar-refractivity contribution in [3.8, 4) is 17.1 Å². The van der Waals surface area contributed by atoms with Gasteiger partial charge >= 0.3 is 0 Å². The van der Waals surface area contributed by atoms with Crippen LogP contribution in [-0.2, 0) is 4.79 Å². The Hall–Kier alpha value is -3.85. The Labute approximate surface area is 175 Å². The molecule has 150 valence electrons. The van der Waals surface area contributed by atoms with Crippen LogP contribution in [0, 0.1) is 10.1 Å². The molecule has 1 amide bonds. The fourth-order valence-corrected chi connectivity index (χ4v) is 3.56. The number of aliphatic imine (C=N–C) groups is 1. The highest BCUT2D eigenvalue weighted by Crippen LogP contribution is 2.31. The van der Waals surface area contributed by atoms with Gasteiger partial charge in [0.25, 0.3) is 11.6 Å². The van der Waals surface area contributed by atoms with Crippen LogP contribution in [0.15, 0.2) is 75.0 Å². The molecule has 30 heavy (non-hydrogen) atoms. The van der Waals surface area contributed by atoms with Crippen LogP contribution in [0.1, 0.15) is 5.76 Å². The van der Waals surface area contributed by atoms with Crippen LogP contribution in [0.5, 0.6) is 5.75 Å². The van der Waals surface area contributed by atoms with Crippen LogP contribution in [0.3, 0.4) is 0 Å². The van der Waals surface area contributed by atoms with E-state index in [2.05, 4.69) is 10.3 Å². The molecule has 1 aliphatic rings. The molecule has 9 heteroatoms. The summed E-state index contributed by atoms with van der Waals surface area (Å²) in [6.45, 7) is 0. The number of nitro benzene ring substituents is 1. The number of carbonyl (C=O) groups is 1. The van der Waals surface area contributed by atoms with Crippen LogP contribution in [-0.4, -0.2) is 23.1 Å². The number of hydrogen-bond acceptors (Lipinski definition) is 7. The second-order valence-corrected chi connectivity index (χ2v) is 7.22. The minimum atomic E-state index is -0.460. The Kier molecular flexibility index (Phi) is 5.36. The normalized spacial score (nSPS) is 16.1. The van der Waals surface area contributed by atoms with Gasteiger partial charge in [-0.25, -0.2) is 4.99 Å². The molecular weight excluding hydrogens is 406 g/mol. The standard InChI is InChI=1S/C21H15N3O5S/c1-28-16-7-5-14(6-8-16)22-21-23-20(25)19(30-21)12-17-9-10-18(29-17)13-3-2-4-15(11-13)24(26)27/h2-12H,1H3,(H,22,23,25). The van der Waals surface area contributed by atoms with Crippen molar-refractivity contribution >= 4 is 40.3 Å². The third kappa shape index (κ3) is 4.26. The Morgan fingerprint density at radius 2 is 1.97 bits per heavy atom. The van der Waals surface area contributed by atoms with E-state index in [-0.39, 0.29) is 11.6 Å². The highest BCUT2D eigenvalue weighted by molar-refractivity contribution is 8.18. The fourth-order valence-electron chi connectivity index (χ4n) is 2.74. The van der Waals surface area contributed by atoms with Gasteiger partial charge in [0.05, 0.1) is 22.6 Å². The van der Waals surface area contributed by atoms with E-state index in [1.807, 2.05) is 0 Å². The maximum absolute atomic E-state index is 12.3. The first kappa shape index (κ1) is 19.5. The van der Waals surface area contributed by atoms with Crippen molar-refractivity contribution in [1.82, 2.24) is 5.32 Å². The van der Waals surface area contributed by atoms with Crippen molar-refractivity contribution < 1.29 is 18.9 Å². The molecule has 1 aromatic heterocycles. The molecule has 3 aromatic rings. The number of methoxy groups -OCH3 is 1. The SMILES string of the molecule is COc1ccc(N=C2NC(=O)C(=Cc3ccc(-c4cccc([N+](=O)[O-])c4)o3)S2)cc1. The number of nitrogens with zero attached hydrogens (tertiary/aromatic N) is 2. The van der Waals surface area contributed by atoms with Crippen LogP contribution >= 0.6 is 11.8 Å². The first-order chi connectivity index (χ1) is 14.5. The largest absolute Gasteiger partial charge is 0.497 e. The van der Waals surface area contributed by atoms with E-state index in [0.29, 0.717) is 32.8 Å². The molecule has 8 nitrogen and oxygen atoms in total. The van der Waals surface area contributed by atoms with Gasteiger partial charge in [-0.1, -0.05) is 12.1 Å². The zero-order chi connectivity index (χ0) is 21.1. The smallest absolute Gasteiger partial charge is 0.270 e. The number of benzene rings is 2. The minimum Gasteiger partial charge on any atom is -0.497 e. The number of furan rings is 1. The van der Waals surface area contributed by atoms with Crippen LogP contribution in [0.25, 0.3) is 17.4 Å². The molecule has 0 atom stereocenters. The molecule has 1 aliphatic heterocycles. The molecule has 1 fully saturated rings. The zero-order valence-electron chi connectivity index (χ0n) is 15.7. The lowest BCUT2D eigenvalue weighted by Crippen LogP contribution is -2.19. The van der Waals surface area contributed by atoms with Crippen LogP contribution in [0.2, 0.25) is 0 Å². The summed E-state index contributed by atoms with van der Waals surface area (Å²) in [7, 11) is 1.59. The summed E-state index contributed by atoms with van der Waals surface area (Å²) < 4.78 is 10.9. The summed E-state index contributed by atoms with van der Waals surface area (Å²) in [6.07, 6.45) is 1.61. The van der Waals surface area contributed by atoms with E-state index < -0.39 is 4.92 Å². The lowest BCUT2D eigenvalue weighted by Gasteiger charge is -1.99. The van der Waals surface area contributed by atoms with Crippen LogP contribution in [0.4, 0.5) is 11.4 Å². The predicted octanol–water partition coefficient (Wildman–Crippen LogP) is 4.76. The van der Waals surface area contributed by atoms with Gasteiger partial charge in [-0.3, -0.25) is 14.9 Å². The van der Waals surface area contributed by atoms with Crippen molar-refractivity contribution in [1.29, 1.82) is 0 Å². The number of ether oxygens (including phenoxy) is 1. The zero-order valence-corrected chi connectivity index (χ0v) is 16.5. The first-order valence-corrected chi connectivity index (χ1v) is 9.62. The summed E-state index contributed by atoms with van der Waals surface area (Å²) in [5, 5.41) is 14.1. The molecule has 0 radical (unpaired) electrons. The average molecular weight is 421 g/mol. The molecule has 0 saturated carbocycles. The topological polar surface area (TPSA) is 107 Å². The number of hydrogen-bond donors (Lipinski definition) is 1. The van der Waals surface area contributed by atoms with Gasteiger partial charge in [-0.15, -0.1) is 0 Å². The molecule has 2 aromatic carbocycles.